The molecule has 316 valence electrons. The molecule has 0 radical (unpaired) electrons. The molecule has 1 atom stereocenters. The van der Waals surface area contributed by atoms with E-state index in [0.29, 0.717) is 35.3 Å². The number of hydrogen-bond donors (Lipinski definition) is 4. The van der Waals surface area contributed by atoms with Crippen LogP contribution in [0.1, 0.15) is 125 Å². The van der Waals surface area contributed by atoms with Crippen molar-refractivity contribution in [1.29, 1.82) is 0 Å². The molecule has 5 amide bonds. The minimum absolute atomic E-state index is 0.0672. The van der Waals surface area contributed by atoms with Gasteiger partial charge in [0.2, 0.25) is 11.8 Å². The molecule has 2 saturated heterocycles. The summed E-state index contributed by atoms with van der Waals surface area (Å²) in [5.41, 5.74) is -0.473. The van der Waals surface area contributed by atoms with E-state index in [4.69, 9.17) is 4.98 Å². The van der Waals surface area contributed by atoms with Gasteiger partial charge in [0.1, 0.15) is 17.4 Å². The fourth-order valence-corrected chi connectivity index (χ4v) is 10.2. The second-order valence-electron chi connectivity index (χ2n) is 16.7. The van der Waals surface area contributed by atoms with E-state index >= 15 is 0 Å². The van der Waals surface area contributed by atoms with Gasteiger partial charge in [-0.15, -0.1) is 11.3 Å². The first-order valence-electron chi connectivity index (χ1n) is 20.4. The standard InChI is InChI=1S/C43H46F3N7O6S/c1-42(2,59)27-21-31-33(22-30(27)49-37(55)29-7-4-8-34(48-29)43(44,45)46)60-39(50-31)24-9-11-25(12-10-24)52-19-16-23(17-20-52)15-18-47-28-6-3-5-26-36(28)41(58)53(40(26)57)32-13-14-35(54)51-38(32)56/h3-8,21-25,32,47,59H,9-20H2,1-2H3,(H,49,55)(H,51,54,56). The van der Waals surface area contributed by atoms with Crippen LogP contribution in [0.5, 0.6) is 0 Å². The van der Waals surface area contributed by atoms with E-state index in [0.717, 1.165) is 84.8 Å². The number of nitrogens with one attached hydrogen (secondary N) is 3. The summed E-state index contributed by atoms with van der Waals surface area (Å²) in [4.78, 5) is 75.9. The van der Waals surface area contributed by atoms with Gasteiger partial charge in [-0.2, -0.15) is 13.2 Å². The fourth-order valence-electron chi connectivity index (χ4n) is 9.05. The molecular weight excluding hydrogens is 800 g/mol. The fraction of sp³-hybridized carbons (Fsp3) is 0.465. The van der Waals surface area contributed by atoms with Crippen molar-refractivity contribution in [3.05, 3.63) is 81.6 Å². The lowest BCUT2D eigenvalue weighted by Gasteiger charge is -2.40. The first-order valence-corrected chi connectivity index (χ1v) is 21.2. The number of likely N-dealkylation sites (tertiary alicyclic amines) is 1. The van der Waals surface area contributed by atoms with Gasteiger partial charge in [0.15, 0.2) is 0 Å². The summed E-state index contributed by atoms with van der Waals surface area (Å²) in [5.74, 6) is -2.14. The number of aromatic nitrogens is 2. The summed E-state index contributed by atoms with van der Waals surface area (Å²) in [6, 6.07) is 11.2. The van der Waals surface area contributed by atoms with Crippen molar-refractivity contribution in [2.75, 3.05) is 30.3 Å². The Morgan fingerprint density at radius 3 is 2.35 bits per heavy atom. The number of thiazole rings is 1. The SMILES string of the molecule is CC(C)(O)c1cc2nc(C3CCC(N4CCC(CCNc5cccc6c5C(=O)N(C5CCC(=O)NC5=O)C6=O)CC4)CC3)sc2cc1NC(=O)c1cccc(C(F)(F)F)n1. The molecule has 2 aromatic heterocycles. The summed E-state index contributed by atoms with van der Waals surface area (Å²) in [6.07, 6.45) is 2.51. The average molecular weight is 846 g/mol. The molecular formula is C43H46F3N7O6S. The quantitative estimate of drug-likeness (QED) is 0.124. The monoisotopic (exact) mass is 845 g/mol. The van der Waals surface area contributed by atoms with E-state index in [2.05, 4.69) is 25.8 Å². The molecule has 1 unspecified atom stereocenters. The predicted molar refractivity (Wildman–Crippen MR) is 218 cm³/mol. The minimum atomic E-state index is -4.70. The molecule has 3 aliphatic heterocycles. The van der Waals surface area contributed by atoms with Crippen LogP contribution < -0.4 is 16.0 Å². The Balaban J connectivity index is 0.835. The normalized spacial score (nSPS) is 22.0. The number of alkyl halides is 3. The number of fused-ring (bicyclic) bond motifs is 2. The Bertz CT molecular complexity index is 2360. The first kappa shape index (κ1) is 41.5. The highest BCUT2D eigenvalue weighted by Crippen LogP contribution is 2.42. The van der Waals surface area contributed by atoms with Crippen LogP contribution >= 0.6 is 11.3 Å². The molecule has 13 nitrogen and oxygen atoms in total. The number of amides is 5. The van der Waals surface area contributed by atoms with E-state index in [1.807, 2.05) is 0 Å². The number of anilines is 2. The Morgan fingerprint density at radius 2 is 1.65 bits per heavy atom. The number of pyridine rings is 1. The third kappa shape index (κ3) is 8.39. The second kappa shape index (κ2) is 16.3. The zero-order valence-electron chi connectivity index (χ0n) is 33.2. The molecule has 3 fully saturated rings. The Kier molecular flexibility index (Phi) is 11.3. The van der Waals surface area contributed by atoms with Gasteiger partial charge in [-0.1, -0.05) is 12.1 Å². The molecule has 5 heterocycles. The van der Waals surface area contributed by atoms with Crippen molar-refractivity contribution in [2.45, 2.75) is 101 Å². The van der Waals surface area contributed by atoms with E-state index in [-0.39, 0.29) is 41.3 Å². The molecule has 4 N–H and O–H groups in total. The Hall–Kier alpha value is -5.26. The third-order valence-corrected chi connectivity index (χ3v) is 13.5. The topological polar surface area (TPSA) is 174 Å². The first-order chi connectivity index (χ1) is 28.5. The zero-order valence-corrected chi connectivity index (χ0v) is 34.0. The number of piperidine rings is 2. The molecule has 0 spiro atoms. The second-order valence-corrected chi connectivity index (χ2v) is 17.8. The van der Waals surface area contributed by atoms with Gasteiger partial charge < -0.3 is 20.6 Å². The lowest BCUT2D eigenvalue weighted by atomic mass is 9.84. The van der Waals surface area contributed by atoms with Crippen LogP contribution in [0.25, 0.3) is 10.2 Å². The van der Waals surface area contributed by atoms with Crippen molar-refractivity contribution in [1.82, 2.24) is 25.1 Å². The van der Waals surface area contributed by atoms with Crippen LogP contribution in [0.3, 0.4) is 0 Å². The number of halogens is 3. The van der Waals surface area contributed by atoms with Crippen LogP contribution in [0, 0.1) is 5.92 Å². The molecule has 0 bridgehead atoms. The highest BCUT2D eigenvalue weighted by molar-refractivity contribution is 7.18. The minimum Gasteiger partial charge on any atom is -0.386 e. The third-order valence-electron chi connectivity index (χ3n) is 12.3. The van der Waals surface area contributed by atoms with E-state index < -0.39 is 53.0 Å². The molecule has 60 heavy (non-hydrogen) atoms. The van der Waals surface area contributed by atoms with Crippen molar-refractivity contribution in [2.24, 2.45) is 5.92 Å². The highest BCUT2D eigenvalue weighted by atomic mass is 32.1. The number of benzene rings is 2. The largest absolute Gasteiger partial charge is 0.433 e. The van der Waals surface area contributed by atoms with E-state index in [9.17, 15) is 42.3 Å². The molecule has 1 saturated carbocycles. The molecule has 17 heteroatoms. The number of carbonyl (C=O) groups is 5. The number of rotatable bonds is 10. The number of nitrogens with zero attached hydrogens (tertiary/aromatic N) is 4. The van der Waals surface area contributed by atoms with Crippen LogP contribution in [0.15, 0.2) is 48.5 Å². The Morgan fingerprint density at radius 1 is 0.917 bits per heavy atom. The molecule has 2 aromatic carbocycles. The molecule has 4 aromatic rings. The van der Waals surface area contributed by atoms with Gasteiger partial charge in [-0.3, -0.25) is 34.2 Å². The van der Waals surface area contributed by atoms with Crippen LogP contribution in [-0.4, -0.2) is 86.1 Å². The lowest BCUT2D eigenvalue weighted by Crippen LogP contribution is -2.54. The summed E-state index contributed by atoms with van der Waals surface area (Å²) in [5, 5.41) is 20.3. The van der Waals surface area contributed by atoms with Crippen LogP contribution in [0.2, 0.25) is 0 Å². The van der Waals surface area contributed by atoms with Gasteiger partial charge in [-0.25, -0.2) is 9.97 Å². The van der Waals surface area contributed by atoms with Crippen LogP contribution in [0.4, 0.5) is 24.5 Å². The van der Waals surface area contributed by atoms with Crippen molar-refractivity contribution >= 4 is 62.5 Å². The van der Waals surface area contributed by atoms with Crippen molar-refractivity contribution in [3.8, 4) is 0 Å². The molecule has 4 aliphatic rings. The summed E-state index contributed by atoms with van der Waals surface area (Å²) in [7, 11) is 0. The van der Waals surface area contributed by atoms with Crippen LogP contribution in [-0.2, 0) is 21.4 Å². The Labute approximate surface area is 348 Å². The summed E-state index contributed by atoms with van der Waals surface area (Å²) in [6.45, 7) is 5.78. The maximum Gasteiger partial charge on any atom is 0.433 e. The lowest BCUT2D eigenvalue weighted by molar-refractivity contribution is -0.141. The molecule has 1 aliphatic carbocycles. The average Bonchev–Trinajstić information content (AvgIpc) is 3.75. The van der Waals surface area contributed by atoms with E-state index in [1.165, 1.54) is 17.4 Å². The van der Waals surface area contributed by atoms with Crippen molar-refractivity contribution < 1.29 is 42.3 Å². The smallest absolute Gasteiger partial charge is 0.386 e. The predicted octanol–water partition coefficient (Wildman–Crippen LogP) is 6.83. The zero-order chi connectivity index (χ0) is 42.5. The van der Waals surface area contributed by atoms with Gasteiger partial charge in [0, 0.05) is 41.9 Å². The number of aliphatic hydroxyl groups is 1. The maximum absolute atomic E-state index is 13.5. The van der Waals surface area contributed by atoms with E-state index in [1.54, 1.807) is 44.2 Å². The van der Waals surface area contributed by atoms with Crippen molar-refractivity contribution in [3.63, 3.8) is 0 Å². The number of carbonyl (C=O) groups excluding carboxylic acids is 5. The summed E-state index contributed by atoms with van der Waals surface area (Å²) >= 11 is 1.53. The van der Waals surface area contributed by atoms with Gasteiger partial charge in [0.05, 0.1) is 32.0 Å². The molecule has 8 rings (SSSR count). The number of imide groups is 2. The number of hydrogen-bond acceptors (Lipinski definition) is 11. The highest BCUT2D eigenvalue weighted by Gasteiger charge is 2.45. The van der Waals surface area contributed by atoms with Gasteiger partial charge in [-0.05, 0) is 121 Å². The van der Waals surface area contributed by atoms with Gasteiger partial charge in [0.25, 0.3) is 17.7 Å². The maximum atomic E-state index is 13.5. The van der Waals surface area contributed by atoms with Gasteiger partial charge >= 0.3 is 6.18 Å². The summed E-state index contributed by atoms with van der Waals surface area (Å²) < 4.78 is 40.6.